The van der Waals surface area contributed by atoms with Crippen molar-refractivity contribution in [3.05, 3.63) is 65.9 Å². The molecule has 2 aromatic heterocycles. The minimum atomic E-state index is -0.542. The monoisotopic (exact) mass is 359 g/mol. The maximum Gasteiger partial charge on any atom is 0.162 e. The summed E-state index contributed by atoms with van der Waals surface area (Å²) in [5.41, 5.74) is 3.29. The average Bonchev–Trinajstić information content (AvgIpc) is 3.50. The normalized spacial score (nSPS) is 13.8. The molecule has 5 nitrogen and oxygen atoms in total. The topological polar surface area (TPSA) is 66.5 Å². The highest BCUT2D eigenvalue weighted by Gasteiger charge is 2.27. The zero-order valence-electron chi connectivity index (χ0n) is 14.6. The van der Waals surface area contributed by atoms with Crippen LogP contribution in [0.15, 0.2) is 54.6 Å². The second-order valence-electron chi connectivity index (χ2n) is 6.81. The zero-order valence-corrected chi connectivity index (χ0v) is 14.6. The van der Waals surface area contributed by atoms with E-state index in [0.717, 1.165) is 40.8 Å². The average molecular weight is 359 g/mol. The van der Waals surface area contributed by atoms with Crippen molar-refractivity contribution in [3.8, 4) is 11.4 Å². The number of nitrogens with zero attached hydrogens (tertiary/aromatic N) is 3. The van der Waals surface area contributed by atoms with Crippen LogP contribution in [-0.4, -0.2) is 20.2 Å². The summed E-state index contributed by atoms with van der Waals surface area (Å²) in [7, 11) is 0. The van der Waals surface area contributed by atoms with Gasteiger partial charge < -0.3 is 5.32 Å². The van der Waals surface area contributed by atoms with Crippen molar-refractivity contribution in [2.24, 2.45) is 0 Å². The van der Waals surface area contributed by atoms with Gasteiger partial charge in [-0.2, -0.15) is 5.10 Å². The molecular weight excluding hydrogens is 341 g/mol. The molecule has 0 spiro atoms. The van der Waals surface area contributed by atoms with Gasteiger partial charge in [0.05, 0.1) is 5.52 Å². The minimum absolute atomic E-state index is 0.459. The first-order valence-electron chi connectivity index (χ1n) is 9.05. The molecule has 5 rings (SSSR count). The lowest BCUT2D eigenvalue weighted by Gasteiger charge is -2.11. The van der Waals surface area contributed by atoms with Gasteiger partial charge in [-0.25, -0.2) is 14.4 Å². The van der Waals surface area contributed by atoms with Gasteiger partial charge in [0.1, 0.15) is 12.5 Å². The number of aromatic nitrogens is 4. The number of aromatic amines is 1. The van der Waals surface area contributed by atoms with Gasteiger partial charge in [0.2, 0.25) is 0 Å². The Morgan fingerprint density at radius 2 is 1.85 bits per heavy atom. The number of nitrogens with one attached hydrogen (secondary N) is 2. The Balaban J connectivity index is 1.59. The third-order valence-corrected chi connectivity index (χ3v) is 4.86. The fourth-order valence-electron chi connectivity index (χ4n) is 3.27. The predicted molar refractivity (Wildman–Crippen MR) is 104 cm³/mol. The number of benzene rings is 2. The SMILES string of the molecule is FCc1ccccc1-c1nc(Nc2n[nH]c3ccccc23)cc(C2CC2)n1. The summed E-state index contributed by atoms with van der Waals surface area (Å²) in [5, 5.41) is 11.7. The summed E-state index contributed by atoms with van der Waals surface area (Å²) in [4.78, 5) is 9.38. The number of para-hydroxylation sites is 1. The molecule has 1 aliphatic carbocycles. The molecule has 0 aliphatic heterocycles. The zero-order chi connectivity index (χ0) is 18.2. The molecule has 1 saturated carbocycles. The van der Waals surface area contributed by atoms with Crippen molar-refractivity contribution in [1.82, 2.24) is 20.2 Å². The quantitative estimate of drug-likeness (QED) is 0.520. The van der Waals surface area contributed by atoms with Crippen LogP contribution in [0.1, 0.15) is 30.0 Å². The number of hydrogen-bond donors (Lipinski definition) is 2. The molecule has 2 heterocycles. The molecule has 0 saturated heterocycles. The Morgan fingerprint density at radius 3 is 2.70 bits per heavy atom. The summed E-state index contributed by atoms with van der Waals surface area (Å²) in [5.74, 6) is 2.40. The third-order valence-electron chi connectivity index (χ3n) is 4.86. The molecule has 1 fully saturated rings. The summed E-state index contributed by atoms with van der Waals surface area (Å²) < 4.78 is 13.4. The van der Waals surface area contributed by atoms with E-state index < -0.39 is 6.67 Å². The molecule has 134 valence electrons. The van der Waals surface area contributed by atoms with E-state index in [2.05, 4.69) is 20.5 Å². The lowest BCUT2D eigenvalue weighted by Crippen LogP contribution is -2.02. The number of anilines is 2. The standard InChI is InChI=1S/C21H18FN5/c22-12-14-5-1-2-6-15(14)20-23-18(13-9-10-13)11-19(24-20)25-21-16-7-3-4-8-17(16)26-27-21/h1-8,11,13H,9-10,12H2,(H2,23,24,25,26,27). The first-order valence-corrected chi connectivity index (χ1v) is 9.05. The molecule has 6 heteroatoms. The van der Waals surface area contributed by atoms with E-state index in [9.17, 15) is 4.39 Å². The van der Waals surface area contributed by atoms with Crippen LogP contribution in [0.2, 0.25) is 0 Å². The lowest BCUT2D eigenvalue weighted by molar-refractivity contribution is 0.486. The maximum absolute atomic E-state index is 13.4. The van der Waals surface area contributed by atoms with E-state index >= 15 is 0 Å². The Hall–Kier alpha value is -3.28. The maximum atomic E-state index is 13.4. The van der Waals surface area contributed by atoms with Crippen LogP contribution in [0.3, 0.4) is 0 Å². The van der Waals surface area contributed by atoms with Crippen molar-refractivity contribution >= 4 is 22.5 Å². The van der Waals surface area contributed by atoms with E-state index in [1.54, 1.807) is 6.07 Å². The smallest absolute Gasteiger partial charge is 0.162 e. The summed E-state index contributed by atoms with van der Waals surface area (Å²) >= 11 is 0. The Bertz CT molecular complexity index is 1120. The van der Waals surface area contributed by atoms with Crippen LogP contribution in [0, 0.1) is 0 Å². The highest BCUT2D eigenvalue weighted by atomic mass is 19.1. The van der Waals surface area contributed by atoms with Gasteiger partial charge in [-0.3, -0.25) is 5.10 Å². The molecule has 1 aliphatic rings. The van der Waals surface area contributed by atoms with E-state index in [4.69, 9.17) is 4.98 Å². The second-order valence-corrected chi connectivity index (χ2v) is 6.81. The van der Waals surface area contributed by atoms with E-state index in [1.165, 1.54) is 0 Å². The van der Waals surface area contributed by atoms with Crippen molar-refractivity contribution in [3.63, 3.8) is 0 Å². The van der Waals surface area contributed by atoms with Gasteiger partial charge in [-0.05, 0) is 30.5 Å². The molecule has 2 N–H and O–H groups in total. The van der Waals surface area contributed by atoms with Crippen LogP contribution >= 0.6 is 0 Å². The molecule has 2 aromatic carbocycles. The van der Waals surface area contributed by atoms with Crippen molar-refractivity contribution in [1.29, 1.82) is 0 Å². The largest absolute Gasteiger partial charge is 0.323 e. The highest BCUT2D eigenvalue weighted by Crippen LogP contribution is 2.40. The number of halogens is 1. The Labute approximate surface area is 155 Å². The van der Waals surface area contributed by atoms with Crippen molar-refractivity contribution in [2.75, 3.05) is 5.32 Å². The Morgan fingerprint density at radius 1 is 1.04 bits per heavy atom. The number of fused-ring (bicyclic) bond motifs is 1. The Kier molecular flexibility index (Phi) is 3.81. The van der Waals surface area contributed by atoms with Crippen molar-refractivity contribution in [2.45, 2.75) is 25.4 Å². The minimum Gasteiger partial charge on any atom is -0.323 e. The van der Waals surface area contributed by atoms with E-state index in [-0.39, 0.29) is 0 Å². The molecule has 4 aromatic rings. The van der Waals surface area contributed by atoms with E-state index in [1.807, 2.05) is 48.5 Å². The van der Waals surface area contributed by atoms with Gasteiger partial charge in [-0.15, -0.1) is 0 Å². The van der Waals surface area contributed by atoms with Gasteiger partial charge in [-0.1, -0.05) is 36.4 Å². The summed E-state index contributed by atoms with van der Waals surface area (Å²) in [6.07, 6.45) is 2.26. The lowest BCUT2D eigenvalue weighted by atomic mass is 10.1. The number of alkyl halides is 1. The van der Waals surface area contributed by atoms with E-state index in [0.29, 0.717) is 23.1 Å². The van der Waals surface area contributed by atoms with Crippen LogP contribution in [-0.2, 0) is 6.67 Å². The van der Waals surface area contributed by atoms with Gasteiger partial charge in [0.15, 0.2) is 11.6 Å². The van der Waals surface area contributed by atoms with Crippen molar-refractivity contribution < 1.29 is 4.39 Å². The van der Waals surface area contributed by atoms with Gasteiger partial charge in [0.25, 0.3) is 0 Å². The van der Waals surface area contributed by atoms with Crippen LogP contribution < -0.4 is 5.32 Å². The molecular formula is C21H18FN5. The number of H-pyrrole nitrogens is 1. The number of rotatable bonds is 5. The molecule has 0 atom stereocenters. The first-order chi connectivity index (χ1) is 13.3. The molecule has 0 radical (unpaired) electrons. The fourth-order valence-corrected chi connectivity index (χ4v) is 3.27. The van der Waals surface area contributed by atoms with Gasteiger partial charge in [0, 0.05) is 28.6 Å². The van der Waals surface area contributed by atoms with Gasteiger partial charge >= 0.3 is 0 Å². The predicted octanol–water partition coefficient (Wildman–Crippen LogP) is 5.11. The molecule has 0 bridgehead atoms. The molecule has 0 amide bonds. The van der Waals surface area contributed by atoms with Crippen LogP contribution in [0.25, 0.3) is 22.3 Å². The fraction of sp³-hybridized carbons (Fsp3) is 0.190. The summed E-state index contributed by atoms with van der Waals surface area (Å²) in [6, 6.07) is 17.3. The van der Waals surface area contributed by atoms with Crippen LogP contribution in [0.5, 0.6) is 0 Å². The number of hydrogen-bond acceptors (Lipinski definition) is 4. The summed E-state index contributed by atoms with van der Waals surface area (Å²) in [6.45, 7) is -0.542. The third kappa shape index (κ3) is 3.03. The highest BCUT2D eigenvalue weighted by molar-refractivity contribution is 5.91. The molecule has 0 unspecified atom stereocenters. The second kappa shape index (κ2) is 6.46. The molecule has 27 heavy (non-hydrogen) atoms. The van der Waals surface area contributed by atoms with Crippen LogP contribution in [0.4, 0.5) is 16.0 Å². The first kappa shape index (κ1) is 15.9.